The summed E-state index contributed by atoms with van der Waals surface area (Å²) in [5.74, 6) is 1.96. The van der Waals surface area contributed by atoms with Crippen LogP contribution in [-0.2, 0) is 4.74 Å². The highest BCUT2D eigenvalue weighted by Gasteiger charge is 2.36. The van der Waals surface area contributed by atoms with Crippen LogP contribution in [0.5, 0.6) is 5.75 Å². The van der Waals surface area contributed by atoms with Gasteiger partial charge in [-0.05, 0) is 93.8 Å². The molecule has 1 aliphatic rings. The van der Waals surface area contributed by atoms with Crippen LogP contribution >= 0.6 is 0 Å². The Bertz CT molecular complexity index is 1010. The van der Waals surface area contributed by atoms with Crippen molar-refractivity contribution < 1.29 is 9.47 Å². The van der Waals surface area contributed by atoms with E-state index in [9.17, 15) is 0 Å². The maximum atomic E-state index is 5.82. The van der Waals surface area contributed by atoms with Crippen molar-refractivity contribution in [2.24, 2.45) is 5.92 Å². The Kier molecular flexibility index (Phi) is 8.18. The maximum absolute atomic E-state index is 5.82. The zero-order chi connectivity index (χ0) is 24.9. The third kappa shape index (κ3) is 6.46. The molecule has 1 aliphatic heterocycles. The molecule has 1 saturated heterocycles. The van der Waals surface area contributed by atoms with Gasteiger partial charge in [0.1, 0.15) is 11.9 Å². The van der Waals surface area contributed by atoms with Crippen LogP contribution in [-0.4, -0.2) is 18.4 Å². The van der Waals surface area contributed by atoms with E-state index in [1.807, 2.05) is 6.92 Å². The molecular formula is C32H41NO2. The predicted octanol–water partition coefficient (Wildman–Crippen LogP) is 8.56. The lowest BCUT2D eigenvalue weighted by atomic mass is 9.84. The first-order valence-corrected chi connectivity index (χ1v) is 13.2. The van der Waals surface area contributed by atoms with Crippen molar-refractivity contribution in [2.45, 2.75) is 85.2 Å². The second kappa shape index (κ2) is 11.3. The van der Waals surface area contributed by atoms with Crippen LogP contribution < -0.4 is 9.64 Å². The van der Waals surface area contributed by atoms with Crippen molar-refractivity contribution in [1.29, 1.82) is 0 Å². The molecule has 186 valence electrons. The van der Waals surface area contributed by atoms with E-state index in [0.29, 0.717) is 17.9 Å². The maximum Gasteiger partial charge on any atom is 0.226 e. The fraction of sp³-hybridized carbons (Fsp3) is 0.438. The van der Waals surface area contributed by atoms with Crippen LogP contribution in [0.15, 0.2) is 72.8 Å². The van der Waals surface area contributed by atoms with Crippen LogP contribution in [0.4, 0.5) is 11.4 Å². The molecule has 0 amide bonds. The first-order valence-electron chi connectivity index (χ1n) is 13.2. The first kappa shape index (κ1) is 25.3. The number of benzene rings is 3. The second-order valence-corrected chi connectivity index (χ2v) is 10.3. The molecule has 1 heterocycles. The molecule has 5 unspecified atom stereocenters. The fourth-order valence-electron chi connectivity index (χ4n) is 4.80. The van der Waals surface area contributed by atoms with Crippen molar-refractivity contribution >= 4 is 11.4 Å². The molecule has 0 aromatic heterocycles. The van der Waals surface area contributed by atoms with E-state index in [0.717, 1.165) is 18.6 Å². The second-order valence-electron chi connectivity index (χ2n) is 10.3. The minimum atomic E-state index is -0.0758. The summed E-state index contributed by atoms with van der Waals surface area (Å²) < 4.78 is 11.2. The molecule has 0 radical (unpaired) electrons. The lowest BCUT2D eigenvalue weighted by Gasteiger charge is -2.35. The minimum Gasteiger partial charge on any atom is -0.462 e. The molecule has 5 atom stereocenters. The van der Waals surface area contributed by atoms with Gasteiger partial charge in [0.2, 0.25) is 6.29 Å². The number of ether oxygens (including phenoxy) is 2. The quantitative estimate of drug-likeness (QED) is 0.262. The van der Waals surface area contributed by atoms with E-state index in [1.165, 1.54) is 34.5 Å². The molecule has 0 N–H and O–H groups in total. The van der Waals surface area contributed by atoms with E-state index >= 15 is 0 Å². The number of rotatable bonds is 11. The SMILES string of the molecule is CCC(CCC(C)C(C)c1ccc(OC2OC2C)cc1)N(c1ccc(C)cc1)c1ccc(C)cc1. The fourth-order valence-corrected chi connectivity index (χ4v) is 4.80. The van der Waals surface area contributed by atoms with Crippen LogP contribution in [0, 0.1) is 19.8 Å². The van der Waals surface area contributed by atoms with Crippen molar-refractivity contribution in [1.82, 2.24) is 0 Å². The van der Waals surface area contributed by atoms with Crippen molar-refractivity contribution in [3.8, 4) is 5.75 Å². The summed E-state index contributed by atoms with van der Waals surface area (Å²) >= 11 is 0. The van der Waals surface area contributed by atoms with Crippen LogP contribution in [0.2, 0.25) is 0 Å². The average Bonchev–Trinajstić information content (AvgIpc) is 3.57. The summed E-state index contributed by atoms with van der Waals surface area (Å²) in [6.45, 7) is 13.4. The van der Waals surface area contributed by atoms with Gasteiger partial charge in [-0.1, -0.05) is 68.3 Å². The van der Waals surface area contributed by atoms with E-state index in [1.54, 1.807) is 0 Å². The van der Waals surface area contributed by atoms with Crippen LogP contribution in [0.3, 0.4) is 0 Å². The standard InChI is InChI=1S/C32H41NO2/c1-7-28(33(29-15-8-22(2)9-16-29)30-17-10-23(3)11-18-30)19-12-24(4)25(5)27-13-20-31(21-14-27)35-32-26(6)34-32/h8-11,13-18,20-21,24-26,28,32H,7,12,19H2,1-6H3. The summed E-state index contributed by atoms with van der Waals surface area (Å²) in [6, 6.07) is 27.0. The Morgan fingerprint density at radius 2 is 1.31 bits per heavy atom. The van der Waals surface area contributed by atoms with E-state index in [2.05, 4.69) is 112 Å². The first-order chi connectivity index (χ1) is 16.9. The molecule has 0 saturated carbocycles. The predicted molar refractivity (Wildman–Crippen MR) is 147 cm³/mol. The lowest BCUT2D eigenvalue weighted by molar-refractivity contribution is 0.178. The number of aryl methyl sites for hydroxylation is 2. The lowest BCUT2D eigenvalue weighted by Crippen LogP contribution is -2.31. The number of hydrogen-bond acceptors (Lipinski definition) is 3. The summed E-state index contributed by atoms with van der Waals surface area (Å²) in [7, 11) is 0. The van der Waals surface area contributed by atoms with Crippen LogP contribution in [0.25, 0.3) is 0 Å². The van der Waals surface area contributed by atoms with Gasteiger partial charge < -0.3 is 14.4 Å². The highest BCUT2D eigenvalue weighted by atomic mass is 16.8. The Morgan fingerprint density at radius 3 is 1.77 bits per heavy atom. The summed E-state index contributed by atoms with van der Waals surface area (Å²) in [4.78, 5) is 2.54. The number of hydrogen-bond donors (Lipinski definition) is 0. The normalized spacial score (nSPS) is 19.6. The molecule has 35 heavy (non-hydrogen) atoms. The van der Waals surface area contributed by atoms with Gasteiger partial charge in [0.05, 0.1) is 0 Å². The molecule has 3 nitrogen and oxygen atoms in total. The molecule has 0 aliphatic carbocycles. The number of nitrogens with zero attached hydrogens (tertiary/aromatic N) is 1. The average molecular weight is 472 g/mol. The highest BCUT2D eigenvalue weighted by Crippen LogP contribution is 2.35. The van der Waals surface area contributed by atoms with E-state index in [-0.39, 0.29) is 12.4 Å². The molecule has 3 aromatic rings. The molecular weight excluding hydrogens is 430 g/mol. The highest BCUT2D eigenvalue weighted by molar-refractivity contribution is 5.64. The minimum absolute atomic E-state index is 0.0758. The summed E-state index contributed by atoms with van der Waals surface area (Å²) in [5, 5.41) is 0. The molecule has 4 rings (SSSR count). The third-order valence-electron chi connectivity index (χ3n) is 7.58. The van der Waals surface area contributed by atoms with Gasteiger partial charge in [-0.15, -0.1) is 0 Å². The van der Waals surface area contributed by atoms with Gasteiger partial charge in [0.15, 0.2) is 0 Å². The third-order valence-corrected chi connectivity index (χ3v) is 7.58. The van der Waals surface area contributed by atoms with Crippen molar-refractivity contribution in [3.05, 3.63) is 89.5 Å². The smallest absolute Gasteiger partial charge is 0.226 e. The Morgan fingerprint density at radius 1 is 0.800 bits per heavy atom. The Labute approximate surface area is 212 Å². The largest absolute Gasteiger partial charge is 0.462 e. The van der Waals surface area contributed by atoms with Gasteiger partial charge in [0, 0.05) is 17.4 Å². The van der Waals surface area contributed by atoms with Gasteiger partial charge in [-0.3, -0.25) is 0 Å². The van der Waals surface area contributed by atoms with Gasteiger partial charge in [-0.25, -0.2) is 0 Å². The van der Waals surface area contributed by atoms with E-state index in [4.69, 9.17) is 9.47 Å². The zero-order valence-electron chi connectivity index (χ0n) is 22.2. The summed E-state index contributed by atoms with van der Waals surface area (Å²) in [5.41, 5.74) is 6.51. The number of epoxide rings is 1. The van der Waals surface area contributed by atoms with Gasteiger partial charge in [-0.2, -0.15) is 0 Å². The zero-order valence-corrected chi connectivity index (χ0v) is 22.2. The Hall–Kier alpha value is -2.78. The molecule has 1 fully saturated rings. The number of anilines is 2. The van der Waals surface area contributed by atoms with Crippen molar-refractivity contribution in [3.63, 3.8) is 0 Å². The Balaban J connectivity index is 1.44. The molecule has 3 aromatic carbocycles. The summed E-state index contributed by atoms with van der Waals surface area (Å²) in [6.07, 6.45) is 3.57. The molecule has 0 bridgehead atoms. The monoisotopic (exact) mass is 471 g/mol. The molecule has 0 spiro atoms. The van der Waals surface area contributed by atoms with Crippen LogP contribution in [0.1, 0.15) is 69.6 Å². The molecule has 3 heteroatoms. The van der Waals surface area contributed by atoms with Crippen molar-refractivity contribution in [2.75, 3.05) is 4.90 Å². The van der Waals surface area contributed by atoms with E-state index < -0.39 is 0 Å². The van der Waals surface area contributed by atoms with Gasteiger partial charge in [0.25, 0.3) is 0 Å². The van der Waals surface area contributed by atoms with Gasteiger partial charge >= 0.3 is 0 Å². The topological polar surface area (TPSA) is 25.0 Å².